The number of carboxylic acid groups (broad SMARTS) is 1. The van der Waals surface area contributed by atoms with E-state index >= 15 is 0 Å². The maximum atomic E-state index is 11.4. The number of aromatic nitrogens is 2. The highest BCUT2D eigenvalue weighted by Crippen LogP contribution is 2.30. The standard InChI is InChI=1S/C16H12N2O3/c1-10-12(8-5-9-17-10)14-13(16(19)20)18-15(21-14)11-6-3-2-4-7-11/h2-9H,1H3,(H,19,20). The number of pyridine rings is 1. The van der Waals surface area contributed by atoms with Gasteiger partial charge in [-0.25, -0.2) is 9.78 Å². The van der Waals surface area contributed by atoms with Crippen LogP contribution >= 0.6 is 0 Å². The number of oxazole rings is 1. The zero-order valence-electron chi connectivity index (χ0n) is 11.3. The molecule has 2 heterocycles. The molecule has 3 rings (SSSR count). The van der Waals surface area contributed by atoms with Gasteiger partial charge in [-0.1, -0.05) is 18.2 Å². The molecule has 1 aromatic carbocycles. The summed E-state index contributed by atoms with van der Waals surface area (Å²) in [5.74, 6) is -0.614. The Morgan fingerprint density at radius 2 is 1.90 bits per heavy atom. The third kappa shape index (κ3) is 2.41. The van der Waals surface area contributed by atoms with Gasteiger partial charge in [0, 0.05) is 23.0 Å². The van der Waals surface area contributed by atoms with Crippen molar-refractivity contribution in [2.24, 2.45) is 0 Å². The maximum absolute atomic E-state index is 11.4. The summed E-state index contributed by atoms with van der Waals surface area (Å²) >= 11 is 0. The van der Waals surface area contributed by atoms with E-state index < -0.39 is 5.97 Å². The molecule has 104 valence electrons. The van der Waals surface area contributed by atoms with Crippen molar-refractivity contribution in [1.29, 1.82) is 0 Å². The van der Waals surface area contributed by atoms with Crippen molar-refractivity contribution in [2.45, 2.75) is 6.92 Å². The largest absolute Gasteiger partial charge is 0.476 e. The van der Waals surface area contributed by atoms with Crippen LogP contribution in [0.4, 0.5) is 0 Å². The topological polar surface area (TPSA) is 76.2 Å². The number of aryl methyl sites for hydroxylation is 1. The summed E-state index contributed by atoms with van der Waals surface area (Å²) in [6, 6.07) is 12.7. The number of carbonyl (C=O) groups is 1. The van der Waals surface area contributed by atoms with Gasteiger partial charge in [-0.05, 0) is 31.2 Å². The molecule has 3 aromatic rings. The van der Waals surface area contributed by atoms with Crippen molar-refractivity contribution in [3.05, 3.63) is 60.0 Å². The normalized spacial score (nSPS) is 10.5. The number of benzene rings is 1. The lowest BCUT2D eigenvalue weighted by Crippen LogP contribution is -1.99. The predicted octanol–water partition coefficient (Wildman–Crippen LogP) is 3.41. The number of hydrogen-bond donors (Lipinski definition) is 1. The Hall–Kier alpha value is -2.95. The highest BCUT2D eigenvalue weighted by atomic mass is 16.4. The maximum Gasteiger partial charge on any atom is 0.358 e. The van der Waals surface area contributed by atoms with Gasteiger partial charge in [-0.3, -0.25) is 4.98 Å². The van der Waals surface area contributed by atoms with E-state index in [0.717, 1.165) is 5.56 Å². The van der Waals surface area contributed by atoms with Crippen LogP contribution < -0.4 is 0 Å². The SMILES string of the molecule is Cc1ncccc1-c1oc(-c2ccccc2)nc1C(=O)O. The Balaban J connectivity index is 2.19. The quantitative estimate of drug-likeness (QED) is 0.795. The van der Waals surface area contributed by atoms with Gasteiger partial charge >= 0.3 is 5.97 Å². The molecule has 0 radical (unpaired) electrons. The zero-order valence-corrected chi connectivity index (χ0v) is 11.3. The van der Waals surface area contributed by atoms with Crippen LogP contribution in [0.25, 0.3) is 22.8 Å². The molecule has 21 heavy (non-hydrogen) atoms. The number of hydrogen-bond acceptors (Lipinski definition) is 4. The number of aromatic carboxylic acids is 1. The van der Waals surface area contributed by atoms with E-state index in [1.54, 1.807) is 25.3 Å². The number of carboxylic acids is 1. The first kappa shape index (κ1) is 13.1. The summed E-state index contributed by atoms with van der Waals surface area (Å²) in [6.45, 7) is 1.80. The Morgan fingerprint density at radius 3 is 2.57 bits per heavy atom. The summed E-state index contributed by atoms with van der Waals surface area (Å²) in [7, 11) is 0. The Kier molecular flexibility index (Phi) is 3.23. The highest BCUT2D eigenvalue weighted by Gasteiger charge is 2.22. The summed E-state index contributed by atoms with van der Waals surface area (Å²) in [5.41, 5.74) is 1.94. The molecule has 0 aliphatic carbocycles. The van der Waals surface area contributed by atoms with Crippen LogP contribution in [0, 0.1) is 6.92 Å². The molecule has 0 aliphatic heterocycles. The third-order valence-electron chi connectivity index (χ3n) is 3.10. The van der Waals surface area contributed by atoms with E-state index in [-0.39, 0.29) is 17.3 Å². The molecule has 2 aromatic heterocycles. The lowest BCUT2D eigenvalue weighted by atomic mass is 10.1. The van der Waals surface area contributed by atoms with E-state index in [0.29, 0.717) is 11.3 Å². The van der Waals surface area contributed by atoms with Gasteiger partial charge in [0.25, 0.3) is 0 Å². The second-order valence-electron chi connectivity index (χ2n) is 4.50. The summed E-state index contributed by atoms with van der Waals surface area (Å²) in [5, 5.41) is 9.34. The molecule has 5 heteroatoms. The van der Waals surface area contributed by atoms with E-state index in [4.69, 9.17) is 4.42 Å². The van der Waals surface area contributed by atoms with Crippen molar-refractivity contribution >= 4 is 5.97 Å². The Morgan fingerprint density at radius 1 is 1.14 bits per heavy atom. The fraction of sp³-hybridized carbons (Fsp3) is 0.0625. The molecule has 0 amide bonds. The van der Waals surface area contributed by atoms with Crippen LogP contribution in [-0.2, 0) is 0 Å². The molecule has 0 aliphatic rings. The molecule has 0 bridgehead atoms. The lowest BCUT2D eigenvalue weighted by molar-refractivity contribution is 0.0691. The molecule has 5 nitrogen and oxygen atoms in total. The van der Waals surface area contributed by atoms with Crippen LogP contribution in [0.5, 0.6) is 0 Å². The fourth-order valence-corrected chi connectivity index (χ4v) is 2.08. The molecular formula is C16H12N2O3. The van der Waals surface area contributed by atoms with Gasteiger partial charge in [0.15, 0.2) is 11.5 Å². The predicted molar refractivity (Wildman–Crippen MR) is 76.9 cm³/mol. The molecule has 0 atom stereocenters. The highest BCUT2D eigenvalue weighted by molar-refractivity contribution is 5.93. The monoisotopic (exact) mass is 280 g/mol. The van der Waals surface area contributed by atoms with Crippen LogP contribution in [0.3, 0.4) is 0 Å². The molecular weight excluding hydrogens is 268 g/mol. The molecule has 0 fully saturated rings. The average molecular weight is 280 g/mol. The fourth-order valence-electron chi connectivity index (χ4n) is 2.08. The second-order valence-corrected chi connectivity index (χ2v) is 4.50. The molecule has 0 saturated heterocycles. The van der Waals surface area contributed by atoms with Crippen molar-refractivity contribution in [3.63, 3.8) is 0 Å². The minimum atomic E-state index is -1.13. The summed E-state index contributed by atoms with van der Waals surface area (Å²) < 4.78 is 5.70. The van der Waals surface area contributed by atoms with Crippen molar-refractivity contribution < 1.29 is 14.3 Å². The van der Waals surface area contributed by atoms with E-state index in [1.165, 1.54) is 0 Å². The van der Waals surface area contributed by atoms with Gasteiger partial charge in [-0.2, -0.15) is 0 Å². The van der Waals surface area contributed by atoms with Crippen LogP contribution in [0.15, 0.2) is 53.1 Å². The first-order valence-electron chi connectivity index (χ1n) is 6.38. The van der Waals surface area contributed by atoms with Gasteiger partial charge < -0.3 is 9.52 Å². The Bertz CT molecular complexity index is 794. The van der Waals surface area contributed by atoms with Crippen molar-refractivity contribution in [3.8, 4) is 22.8 Å². The zero-order chi connectivity index (χ0) is 14.8. The Labute approximate surface area is 120 Å². The summed E-state index contributed by atoms with van der Waals surface area (Å²) in [6.07, 6.45) is 1.65. The van der Waals surface area contributed by atoms with Gasteiger partial charge in [0.05, 0.1) is 0 Å². The van der Waals surface area contributed by atoms with Gasteiger partial charge in [-0.15, -0.1) is 0 Å². The van der Waals surface area contributed by atoms with E-state index in [9.17, 15) is 9.90 Å². The van der Waals surface area contributed by atoms with E-state index in [1.807, 2.05) is 30.3 Å². The molecule has 1 N–H and O–H groups in total. The number of nitrogens with zero attached hydrogens (tertiary/aromatic N) is 2. The average Bonchev–Trinajstić information content (AvgIpc) is 2.94. The van der Waals surface area contributed by atoms with Crippen LogP contribution in [0.2, 0.25) is 0 Å². The molecule has 0 saturated carbocycles. The molecule has 0 spiro atoms. The first-order valence-corrected chi connectivity index (χ1v) is 6.38. The van der Waals surface area contributed by atoms with Gasteiger partial charge in [0.2, 0.25) is 5.89 Å². The van der Waals surface area contributed by atoms with Crippen LogP contribution in [0.1, 0.15) is 16.2 Å². The van der Waals surface area contributed by atoms with Crippen molar-refractivity contribution in [2.75, 3.05) is 0 Å². The minimum Gasteiger partial charge on any atom is -0.476 e. The second kappa shape index (κ2) is 5.20. The third-order valence-corrected chi connectivity index (χ3v) is 3.10. The lowest BCUT2D eigenvalue weighted by Gasteiger charge is -2.01. The van der Waals surface area contributed by atoms with Crippen LogP contribution in [-0.4, -0.2) is 21.0 Å². The van der Waals surface area contributed by atoms with Crippen molar-refractivity contribution in [1.82, 2.24) is 9.97 Å². The van der Waals surface area contributed by atoms with Gasteiger partial charge in [0.1, 0.15) is 0 Å². The molecule has 0 unspecified atom stereocenters. The minimum absolute atomic E-state index is 0.107. The first-order chi connectivity index (χ1) is 10.2. The van der Waals surface area contributed by atoms with E-state index in [2.05, 4.69) is 9.97 Å². The smallest absolute Gasteiger partial charge is 0.358 e. The summed E-state index contributed by atoms with van der Waals surface area (Å²) in [4.78, 5) is 19.7. The number of rotatable bonds is 3.